The molecule has 2 fully saturated rings. The molecule has 2 unspecified atom stereocenters. The molecular weight excluding hydrogens is 428 g/mol. The SMILES string of the molecule is CC1CCCCCC1.N#CCC12C=C3CC(=CC1C2)N=C(Cc1ccc(-c2ccccc2)nc1)N3.[HH]. The first-order valence-corrected chi connectivity index (χ1v) is 13.3. The first-order chi connectivity index (χ1) is 17.1. The number of aromatic nitrogens is 1. The van der Waals surface area contributed by atoms with Crippen LogP contribution in [0.4, 0.5) is 0 Å². The Morgan fingerprint density at radius 3 is 2.60 bits per heavy atom. The predicted octanol–water partition coefficient (Wildman–Crippen LogP) is 7.61. The van der Waals surface area contributed by atoms with Crippen molar-refractivity contribution in [2.75, 3.05) is 0 Å². The van der Waals surface area contributed by atoms with Gasteiger partial charge in [0.25, 0.3) is 0 Å². The van der Waals surface area contributed by atoms with Crippen LogP contribution in [0.25, 0.3) is 11.3 Å². The van der Waals surface area contributed by atoms with Crippen LogP contribution in [-0.2, 0) is 6.42 Å². The molecule has 35 heavy (non-hydrogen) atoms. The summed E-state index contributed by atoms with van der Waals surface area (Å²) < 4.78 is 0. The largest absolute Gasteiger partial charge is 0.347 e. The minimum Gasteiger partial charge on any atom is -0.347 e. The predicted molar refractivity (Wildman–Crippen MR) is 144 cm³/mol. The van der Waals surface area contributed by atoms with E-state index in [4.69, 9.17) is 10.3 Å². The van der Waals surface area contributed by atoms with Crippen LogP contribution in [0, 0.1) is 28.6 Å². The molecule has 0 spiro atoms. The van der Waals surface area contributed by atoms with Crippen molar-refractivity contribution in [2.24, 2.45) is 22.2 Å². The third-order valence-corrected chi connectivity index (χ3v) is 7.81. The fraction of sp³-hybridized carbons (Fsp3) is 0.452. The maximum atomic E-state index is 9.14. The molecule has 1 N–H and O–H groups in total. The molecule has 3 aliphatic carbocycles. The number of nitrogens with zero attached hydrogens (tertiary/aromatic N) is 3. The number of nitriles is 1. The smallest absolute Gasteiger partial charge is 0.110 e. The first-order valence-electron chi connectivity index (χ1n) is 13.3. The average molecular weight is 467 g/mol. The van der Waals surface area contributed by atoms with Crippen LogP contribution < -0.4 is 5.32 Å². The van der Waals surface area contributed by atoms with E-state index < -0.39 is 0 Å². The summed E-state index contributed by atoms with van der Waals surface area (Å²) in [6.45, 7) is 2.38. The molecule has 1 aromatic carbocycles. The van der Waals surface area contributed by atoms with Gasteiger partial charge in [-0.15, -0.1) is 0 Å². The lowest BCUT2D eigenvalue weighted by Crippen LogP contribution is -2.29. The molecule has 1 aromatic heterocycles. The maximum Gasteiger partial charge on any atom is 0.110 e. The highest BCUT2D eigenvalue weighted by atomic mass is 15.0. The Hall–Kier alpha value is -3.19. The van der Waals surface area contributed by atoms with Gasteiger partial charge >= 0.3 is 0 Å². The molecule has 4 nitrogen and oxygen atoms in total. The summed E-state index contributed by atoms with van der Waals surface area (Å²) in [5.41, 5.74) is 5.61. The molecule has 0 radical (unpaired) electrons. The summed E-state index contributed by atoms with van der Waals surface area (Å²) in [4.78, 5) is 9.43. The van der Waals surface area contributed by atoms with Gasteiger partial charge in [-0.05, 0) is 29.9 Å². The Labute approximate surface area is 211 Å². The van der Waals surface area contributed by atoms with Crippen LogP contribution in [0.5, 0.6) is 0 Å². The van der Waals surface area contributed by atoms with E-state index in [0.717, 1.165) is 53.5 Å². The highest BCUT2D eigenvalue weighted by Gasteiger charge is 2.52. The van der Waals surface area contributed by atoms with Gasteiger partial charge in [-0.3, -0.25) is 4.98 Å². The number of amidine groups is 1. The van der Waals surface area contributed by atoms with Gasteiger partial charge in [-0.25, -0.2) is 4.99 Å². The molecule has 2 aromatic rings. The molecular formula is C31H38N4. The number of fused-ring (bicyclic) bond motifs is 3. The van der Waals surface area contributed by atoms with E-state index in [1.807, 2.05) is 24.4 Å². The molecule has 2 saturated carbocycles. The summed E-state index contributed by atoms with van der Waals surface area (Å²) in [5.74, 6) is 2.46. The van der Waals surface area contributed by atoms with Gasteiger partial charge in [0.15, 0.2) is 0 Å². The minimum absolute atomic E-state index is 0. The van der Waals surface area contributed by atoms with Crippen molar-refractivity contribution in [3.63, 3.8) is 0 Å². The molecule has 4 aliphatic rings. The van der Waals surface area contributed by atoms with Crippen LogP contribution >= 0.6 is 0 Å². The number of benzene rings is 1. The zero-order chi connectivity index (χ0) is 24.1. The molecule has 2 atom stereocenters. The number of allylic oxidation sites excluding steroid dienone is 2. The minimum atomic E-state index is 0. The van der Waals surface area contributed by atoms with Gasteiger partial charge in [-0.1, -0.05) is 94.0 Å². The first kappa shape index (κ1) is 23.5. The molecule has 0 amide bonds. The number of aliphatic imine (C=N–C) groups is 1. The molecule has 2 heterocycles. The third-order valence-electron chi connectivity index (χ3n) is 7.81. The Bertz CT molecular complexity index is 1150. The quantitative estimate of drug-likeness (QED) is 0.472. The van der Waals surface area contributed by atoms with E-state index in [2.05, 4.69) is 59.7 Å². The zero-order valence-electron chi connectivity index (χ0n) is 20.8. The average Bonchev–Trinajstić information content (AvgIpc) is 3.59. The van der Waals surface area contributed by atoms with Crippen LogP contribution in [0.1, 0.15) is 71.7 Å². The third kappa shape index (κ3) is 5.90. The Kier molecular flexibility index (Phi) is 7.13. The van der Waals surface area contributed by atoms with Gasteiger partial charge in [-0.2, -0.15) is 5.26 Å². The summed E-state index contributed by atoms with van der Waals surface area (Å²) >= 11 is 0. The summed E-state index contributed by atoms with van der Waals surface area (Å²) in [6.07, 6.45) is 18.7. The standard InChI is InChI=1S/C23H20N4.C8H16.H2/c24-9-8-23-13-18(23)11-19-12-20(14-23)27-22(26-19)10-16-6-7-21(25-15-16)17-4-2-1-3-5-17;1-8-6-4-2-3-5-7-8;/h1-7,11,14-15,18H,8,10,12-13H2,(H,26,27);8H,2-7H2,1H3;1H. The molecule has 1 aliphatic heterocycles. The van der Waals surface area contributed by atoms with Gasteiger partial charge in [0.05, 0.1) is 11.8 Å². The van der Waals surface area contributed by atoms with E-state index in [1.54, 1.807) is 0 Å². The van der Waals surface area contributed by atoms with Crippen LogP contribution in [0.2, 0.25) is 0 Å². The summed E-state index contributed by atoms with van der Waals surface area (Å²) in [7, 11) is 0. The fourth-order valence-electron chi connectivity index (χ4n) is 5.64. The second-order valence-corrected chi connectivity index (χ2v) is 10.8. The Balaban J connectivity index is 0.000000291. The van der Waals surface area contributed by atoms with Crippen LogP contribution in [0.15, 0.2) is 77.2 Å². The number of hydrogen-bond donors (Lipinski definition) is 1. The van der Waals surface area contributed by atoms with E-state index in [0.29, 0.717) is 12.3 Å². The second kappa shape index (κ2) is 10.6. The Morgan fingerprint density at radius 1 is 1.09 bits per heavy atom. The molecule has 6 rings (SSSR count). The number of hydrogen-bond acceptors (Lipinski definition) is 4. The van der Waals surface area contributed by atoms with E-state index in [1.165, 1.54) is 44.2 Å². The van der Waals surface area contributed by atoms with Crippen LogP contribution in [0.3, 0.4) is 0 Å². The molecule has 182 valence electrons. The molecule has 0 saturated heterocycles. The van der Waals surface area contributed by atoms with Crippen molar-refractivity contribution in [1.82, 2.24) is 10.3 Å². The van der Waals surface area contributed by atoms with E-state index in [9.17, 15) is 0 Å². The number of nitrogens with one attached hydrogen (secondary N) is 1. The second-order valence-electron chi connectivity index (χ2n) is 10.8. The maximum absolute atomic E-state index is 9.14. The lowest BCUT2D eigenvalue weighted by molar-refractivity contribution is 0.505. The highest BCUT2D eigenvalue weighted by molar-refractivity contribution is 5.88. The number of rotatable bonds is 4. The zero-order valence-corrected chi connectivity index (χ0v) is 20.8. The van der Waals surface area contributed by atoms with Crippen molar-refractivity contribution < 1.29 is 1.43 Å². The topological polar surface area (TPSA) is 61.1 Å². The summed E-state index contributed by atoms with van der Waals surface area (Å²) in [6, 6.07) is 16.7. The Morgan fingerprint density at radius 2 is 1.89 bits per heavy atom. The molecule has 2 bridgehead atoms. The van der Waals surface area contributed by atoms with Gasteiger partial charge < -0.3 is 5.32 Å². The van der Waals surface area contributed by atoms with Crippen molar-refractivity contribution in [2.45, 2.75) is 71.1 Å². The van der Waals surface area contributed by atoms with Crippen LogP contribution in [-0.4, -0.2) is 10.8 Å². The van der Waals surface area contributed by atoms with Gasteiger partial charge in [0.1, 0.15) is 5.84 Å². The lowest BCUT2D eigenvalue weighted by atomic mass is 9.99. The van der Waals surface area contributed by atoms with Crippen molar-refractivity contribution in [1.29, 1.82) is 5.26 Å². The van der Waals surface area contributed by atoms with Gasteiger partial charge in [0.2, 0.25) is 0 Å². The normalized spacial score (nSPS) is 25.0. The number of pyridine rings is 1. The molecule has 4 heteroatoms. The van der Waals surface area contributed by atoms with Crippen molar-refractivity contribution >= 4 is 5.84 Å². The lowest BCUT2D eigenvalue weighted by Gasteiger charge is -2.20. The van der Waals surface area contributed by atoms with Gasteiger partial charge in [0, 0.05) is 49.3 Å². The van der Waals surface area contributed by atoms with E-state index >= 15 is 0 Å². The highest BCUT2D eigenvalue weighted by Crippen LogP contribution is 2.59. The van der Waals surface area contributed by atoms with Crippen molar-refractivity contribution in [3.05, 3.63) is 77.8 Å². The van der Waals surface area contributed by atoms with E-state index in [-0.39, 0.29) is 6.84 Å². The van der Waals surface area contributed by atoms with Crippen molar-refractivity contribution in [3.8, 4) is 17.3 Å². The summed E-state index contributed by atoms with van der Waals surface area (Å²) in [5, 5.41) is 12.6. The monoisotopic (exact) mass is 466 g/mol. The fourth-order valence-corrected chi connectivity index (χ4v) is 5.64.